The lowest BCUT2D eigenvalue weighted by Gasteiger charge is -2.10. The predicted molar refractivity (Wildman–Crippen MR) is 110 cm³/mol. The first-order chi connectivity index (χ1) is 13.6. The minimum atomic E-state index is -0.144. The van der Waals surface area contributed by atoms with Gasteiger partial charge in [-0.25, -0.2) is 0 Å². The molecular weight excluding hydrogens is 352 g/mol. The van der Waals surface area contributed by atoms with E-state index in [2.05, 4.69) is 5.32 Å². The van der Waals surface area contributed by atoms with Gasteiger partial charge in [0.25, 0.3) is 11.5 Å². The second-order valence-electron chi connectivity index (χ2n) is 6.72. The maximum Gasteiger partial charge on any atom is 0.258 e. The van der Waals surface area contributed by atoms with E-state index in [9.17, 15) is 9.59 Å². The molecule has 2 heterocycles. The Hall–Kier alpha value is -3.60. The van der Waals surface area contributed by atoms with Gasteiger partial charge in [0.15, 0.2) is 0 Å². The van der Waals surface area contributed by atoms with Gasteiger partial charge in [-0.1, -0.05) is 18.2 Å². The standard InChI is InChI=1S/C23H20N2O3/c1-15-20(9-11-28-15)17-6-7-21-18(13-17)8-10-25(23(21)27)14-16-4-3-5-19(12-16)22(26)24-2/h3-13H,14H2,1-2H3,(H,24,26). The Morgan fingerprint density at radius 1 is 1.11 bits per heavy atom. The highest BCUT2D eigenvalue weighted by Gasteiger charge is 2.09. The summed E-state index contributed by atoms with van der Waals surface area (Å²) in [7, 11) is 1.60. The molecule has 4 rings (SSSR count). The Bertz CT molecular complexity index is 1230. The second kappa shape index (κ2) is 7.19. The normalized spacial score (nSPS) is 10.9. The molecule has 2 aromatic heterocycles. The van der Waals surface area contributed by atoms with Crippen LogP contribution < -0.4 is 10.9 Å². The Balaban J connectivity index is 1.70. The van der Waals surface area contributed by atoms with Gasteiger partial charge in [0.2, 0.25) is 0 Å². The number of aryl methyl sites for hydroxylation is 1. The number of fused-ring (bicyclic) bond motifs is 1. The van der Waals surface area contributed by atoms with E-state index in [1.54, 1.807) is 36.2 Å². The lowest BCUT2D eigenvalue weighted by Crippen LogP contribution is -2.21. The summed E-state index contributed by atoms with van der Waals surface area (Å²) in [6.07, 6.45) is 3.46. The van der Waals surface area contributed by atoms with Crippen molar-refractivity contribution in [3.8, 4) is 11.1 Å². The average molecular weight is 372 g/mol. The molecule has 28 heavy (non-hydrogen) atoms. The second-order valence-corrected chi connectivity index (χ2v) is 6.72. The zero-order valence-corrected chi connectivity index (χ0v) is 15.7. The first-order valence-electron chi connectivity index (χ1n) is 9.05. The van der Waals surface area contributed by atoms with Crippen molar-refractivity contribution in [3.63, 3.8) is 0 Å². The minimum absolute atomic E-state index is 0.0571. The maximum atomic E-state index is 12.9. The Labute approximate surface area is 162 Å². The van der Waals surface area contributed by atoms with E-state index in [1.807, 2.05) is 49.4 Å². The van der Waals surface area contributed by atoms with Crippen molar-refractivity contribution in [2.75, 3.05) is 7.05 Å². The zero-order chi connectivity index (χ0) is 19.7. The van der Waals surface area contributed by atoms with Gasteiger partial charge in [-0.3, -0.25) is 9.59 Å². The Morgan fingerprint density at radius 2 is 1.96 bits per heavy atom. The molecule has 1 amide bonds. The van der Waals surface area contributed by atoms with Gasteiger partial charge in [0.1, 0.15) is 5.76 Å². The number of hydrogen-bond acceptors (Lipinski definition) is 3. The molecule has 0 aliphatic heterocycles. The summed E-state index contributed by atoms with van der Waals surface area (Å²) in [5, 5.41) is 4.16. The molecule has 5 nitrogen and oxygen atoms in total. The fourth-order valence-electron chi connectivity index (χ4n) is 3.42. The quantitative estimate of drug-likeness (QED) is 0.589. The highest BCUT2D eigenvalue weighted by atomic mass is 16.3. The number of amides is 1. The van der Waals surface area contributed by atoms with Crippen LogP contribution in [0.15, 0.2) is 76.3 Å². The number of nitrogens with zero attached hydrogens (tertiary/aromatic N) is 1. The predicted octanol–water partition coefficient (Wildman–Crippen LogP) is 3.98. The van der Waals surface area contributed by atoms with Crippen molar-refractivity contribution in [3.05, 3.63) is 94.3 Å². The van der Waals surface area contributed by atoms with Crippen LogP contribution in [0.4, 0.5) is 0 Å². The largest absolute Gasteiger partial charge is 0.469 e. The maximum absolute atomic E-state index is 12.9. The smallest absolute Gasteiger partial charge is 0.258 e. The van der Waals surface area contributed by atoms with E-state index in [1.165, 1.54) is 0 Å². The van der Waals surface area contributed by atoms with Crippen molar-refractivity contribution >= 4 is 16.7 Å². The number of rotatable bonds is 4. The summed E-state index contributed by atoms with van der Waals surface area (Å²) in [5.74, 6) is 0.707. The molecule has 0 atom stereocenters. The Morgan fingerprint density at radius 3 is 2.71 bits per heavy atom. The van der Waals surface area contributed by atoms with Gasteiger partial charge in [-0.05, 0) is 59.8 Å². The first-order valence-corrected chi connectivity index (χ1v) is 9.05. The number of benzene rings is 2. The van der Waals surface area contributed by atoms with Crippen molar-refractivity contribution in [1.82, 2.24) is 9.88 Å². The van der Waals surface area contributed by atoms with Gasteiger partial charge < -0.3 is 14.3 Å². The molecule has 0 radical (unpaired) electrons. The van der Waals surface area contributed by atoms with Crippen molar-refractivity contribution in [2.45, 2.75) is 13.5 Å². The molecule has 0 bridgehead atoms. The number of hydrogen-bond donors (Lipinski definition) is 1. The number of carbonyl (C=O) groups excluding carboxylic acids is 1. The number of carbonyl (C=O) groups is 1. The van der Waals surface area contributed by atoms with Gasteiger partial charge in [-0.2, -0.15) is 0 Å². The molecule has 2 aromatic carbocycles. The molecule has 140 valence electrons. The Kier molecular flexibility index (Phi) is 4.57. The van der Waals surface area contributed by atoms with Crippen molar-refractivity contribution in [1.29, 1.82) is 0 Å². The third-order valence-electron chi connectivity index (χ3n) is 4.92. The van der Waals surface area contributed by atoms with E-state index in [4.69, 9.17) is 4.42 Å². The highest BCUT2D eigenvalue weighted by Crippen LogP contribution is 2.26. The van der Waals surface area contributed by atoms with Crippen LogP contribution in [0, 0.1) is 6.92 Å². The molecule has 0 spiro atoms. The summed E-state index contributed by atoms with van der Waals surface area (Å²) >= 11 is 0. The van der Waals surface area contributed by atoms with Crippen LogP contribution in [0.5, 0.6) is 0 Å². The summed E-state index contributed by atoms with van der Waals surface area (Å²) in [5.41, 5.74) is 3.46. The summed E-state index contributed by atoms with van der Waals surface area (Å²) in [4.78, 5) is 24.8. The number of furan rings is 1. The van der Waals surface area contributed by atoms with E-state index < -0.39 is 0 Å². The van der Waals surface area contributed by atoms with Crippen LogP contribution in [-0.4, -0.2) is 17.5 Å². The molecule has 0 saturated carbocycles. The molecule has 0 unspecified atom stereocenters. The molecule has 0 fully saturated rings. The lowest BCUT2D eigenvalue weighted by molar-refractivity contribution is 0.0963. The minimum Gasteiger partial charge on any atom is -0.469 e. The fourth-order valence-corrected chi connectivity index (χ4v) is 3.42. The first kappa shape index (κ1) is 17.8. The van der Waals surface area contributed by atoms with Crippen molar-refractivity contribution < 1.29 is 9.21 Å². The third-order valence-corrected chi connectivity index (χ3v) is 4.92. The third kappa shape index (κ3) is 3.22. The molecule has 0 aliphatic rings. The fraction of sp³-hybridized carbons (Fsp3) is 0.130. The average Bonchev–Trinajstić information content (AvgIpc) is 3.15. The van der Waals surface area contributed by atoms with Crippen LogP contribution in [0.1, 0.15) is 21.7 Å². The molecule has 0 aliphatic carbocycles. The number of nitrogens with one attached hydrogen (secondary N) is 1. The zero-order valence-electron chi connectivity index (χ0n) is 15.7. The monoisotopic (exact) mass is 372 g/mol. The van der Waals surface area contributed by atoms with Gasteiger partial charge in [0, 0.05) is 29.8 Å². The topological polar surface area (TPSA) is 64.2 Å². The SMILES string of the molecule is CNC(=O)c1cccc(Cn2ccc3cc(-c4ccoc4C)ccc3c2=O)c1. The van der Waals surface area contributed by atoms with Crippen LogP contribution in [0.2, 0.25) is 0 Å². The summed E-state index contributed by atoms with van der Waals surface area (Å²) in [6.45, 7) is 2.33. The van der Waals surface area contributed by atoms with E-state index >= 15 is 0 Å². The number of aromatic nitrogens is 1. The van der Waals surface area contributed by atoms with Crippen LogP contribution in [-0.2, 0) is 6.54 Å². The number of pyridine rings is 1. The lowest BCUT2D eigenvalue weighted by atomic mass is 10.0. The molecular formula is C23H20N2O3. The van der Waals surface area contributed by atoms with Crippen LogP contribution >= 0.6 is 0 Å². The molecule has 0 saturated heterocycles. The van der Waals surface area contributed by atoms with Gasteiger partial charge >= 0.3 is 0 Å². The summed E-state index contributed by atoms with van der Waals surface area (Å²) in [6, 6.07) is 17.0. The summed E-state index contributed by atoms with van der Waals surface area (Å²) < 4.78 is 7.04. The van der Waals surface area contributed by atoms with Gasteiger partial charge in [0.05, 0.1) is 12.8 Å². The van der Waals surface area contributed by atoms with Crippen molar-refractivity contribution in [2.24, 2.45) is 0 Å². The van der Waals surface area contributed by atoms with Gasteiger partial charge in [-0.15, -0.1) is 0 Å². The molecule has 4 aromatic rings. The highest BCUT2D eigenvalue weighted by molar-refractivity contribution is 5.94. The van der Waals surface area contributed by atoms with Crippen LogP contribution in [0.3, 0.4) is 0 Å². The van der Waals surface area contributed by atoms with E-state index in [0.29, 0.717) is 17.5 Å². The molecule has 5 heteroatoms. The molecule has 1 N–H and O–H groups in total. The van der Waals surface area contributed by atoms with Crippen LogP contribution in [0.25, 0.3) is 21.9 Å². The van der Waals surface area contributed by atoms with E-state index in [-0.39, 0.29) is 11.5 Å². The van der Waals surface area contributed by atoms with E-state index in [0.717, 1.165) is 27.8 Å².